The van der Waals surface area contributed by atoms with Crippen molar-refractivity contribution in [1.29, 1.82) is 0 Å². The molecule has 5 nitrogen and oxygen atoms in total. The van der Waals surface area contributed by atoms with Crippen molar-refractivity contribution in [3.8, 4) is 11.5 Å². The van der Waals surface area contributed by atoms with Gasteiger partial charge in [-0.05, 0) is 59.5 Å². The van der Waals surface area contributed by atoms with Crippen LogP contribution in [0.5, 0.6) is 11.5 Å². The number of aromatic nitrogens is 1. The molecule has 158 valence electrons. The zero-order valence-electron chi connectivity index (χ0n) is 17.0. The quantitative estimate of drug-likeness (QED) is 0.321. The lowest BCUT2D eigenvalue weighted by Gasteiger charge is -2.09. The van der Waals surface area contributed by atoms with Crippen LogP contribution in [0, 0.1) is 0 Å². The van der Waals surface area contributed by atoms with Crippen LogP contribution in [0.4, 0.5) is 0 Å². The topological polar surface area (TPSA) is 68.7 Å². The van der Waals surface area contributed by atoms with Gasteiger partial charge in [-0.15, -0.1) is 11.3 Å². The second kappa shape index (κ2) is 8.69. The molecule has 0 bridgehead atoms. The maximum atomic E-state index is 11.1. The van der Waals surface area contributed by atoms with Crippen LogP contribution in [0.15, 0.2) is 84.9 Å². The monoisotopic (exact) mass is 441 g/mol. The SMILES string of the molecule is O=C(O)c1cc2cc(OCc3ccc(OCc4ccc5ccccc5n4)cc3)ccc2s1. The normalized spacial score (nSPS) is 11.0. The van der Waals surface area contributed by atoms with E-state index in [4.69, 9.17) is 14.6 Å². The molecule has 1 N–H and O–H groups in total. The fraction of sp³-hybridized carbons (Fsp3) is 0.0769. The maximum absolute atomic E-state index is 11.1. The summed E-state index contributed by atoms with van der Waals surface area (Å²) in [5, 5.41) is 11.1. The largest absolute Gasteiger partial charge is 0.489 e. The van der Waals surface area contributed by atoms with Gasteiger partial charge >= 0.3 is 5.97 Å². The molecule has 2 heterocycles. The van der Waals surface area contributed by atoms with E-state index in [0.717, 1.165) is 38.0 Å². The first kappa shape index (κ1) is 20.0. The summed E-state index contributed by atoms with van der Waals surface area (Å²) in [4.78, 5) is 16.1. The number of benzene rings is 3. The Kier molecular flexibility index (Phi) is 5.44. The molecule has 6 heteroatoms. The molecular formula is C26H19NO4S. The van der Waals surface area contributed by atoms with Crippen LogP contribution in [0.2, 0.25) is 0 Å². The highest BCUT2D eigenvalue weighted by atomic mass is 32.1. The van der Waals surface area contributed by atoms with Gasteiger partial charge in [-0.25, -0.2) is 9.78 Å². The Labute approximate surface area is 188 Å². The number of carboxylic acids is 1. The molecule has 0 saturated heterocycles. The van der Waals surface area contributed by atoms with Crippen LogP contribution in [0.3, 0.4) is 0 Å². The lowest BCUT2D eigenvalue weighted by atomic mass is 10.2. The summed E-state index contributed by atoms with van der Waals surface area (Å²) in [5.41, 5.74) is 2.85. The number of ether oxygens (including phenoxy) is 2. The predicted octanol–water partition coefficient (Wildman–Crippen LogP) is 6.31. The third-order valence-corrected chi connectivity index (χ3v) is 6.17. The lowest BCUT2D eigenvalue weighted by Crippen LogP contribution is -1.99. The third-order valence-electron chi connectivity index (χ3n) is 5.07. The first-order valence-corrected chi connectivity index (χ1v) is 10.9. The summed E-state index contributed by atoms with van der Waals surface area (Å²) in [6, 6.07) is 27.1. The summed E-state index contributed by atoms with van der Waals surface area (Å²) in [7, 11) is 0. The van der Waals surface area contributed by atoms with Gasteiger partial charge in [-0.2, -0.15) is 0 Å². The number of hydrogen-bond donors (Lipinski definition) is 1. The van der Waals surface area contributed by atoms with E-state index in [1.54, 1.807) is 6.07 Å². The van der Waals surface area contributed by atoms with Crippen LogP contribution >= 0.6 is 11.3 Å². The standard InChI is InChI=1S/C26H19NO4S/c28-26(29)25-14-19-13-22(11-12-24(19)32-25)30-15-17-5-9-21(10-6-17)31-16-20-8-7-18-3-1-2-4-23(18)27-20/h1-14H,15-16H2,(H,28,29). The Morgan fingerprint density at radius 1 is 0.812 bits per heavy atom. The van der Waals surface area contributed by atoms with E-state index in [2.05, 4.69) is 11.1 Å². The Morgan fingerprint density at radius 2 is 1.59 bits per heavy atom. The fourth-order valence-corrected chi connectivity index (χ4v) is 4.29. The molecule has 0 saturated carbocycles. The number of carboxylic acid groups (broad SMARTS) is 1. The highest BCUT2D eigenvalue weighted by molar-refractivity contribution is 7.20. The van der Waals surface area contributed by atoms with Crippen molar-refractivity contribution in [3.05, 3.63) is 101 Å². The van der Waals surface area contributed by atoms with Gasteiger partial charge in [0.05, 0.1) is 11.2 Å². The third kappa shape index (κ3) is 4.40. The number of fused-ring (bicyclic) bond motifs is 2. The molecule has 0 spiro atoms. The van der Waals surface area contributed by atoms with E-state index in [1.165, 1.54) is 11.3 Å². The average Bonchev–Trinajstić information content (AvgIpc) is 3.26. The van der Waals surface area contributed by atoms with Gasteiger partial charge in [-0.1, -0.05) is 36.4 Å². The van der Waals surface area contributed by atoms with Crippen LogP contribution in [0.25, 0.3) is 21.0 Å². The minimum Gasteiger partial charge on any atom is -0.489 e. The molecule has 0 radical (unpaired) electrons. The van der Waals surface area contributed by atoms with Crippen molar-refractivity contribution in [2.75, 3.05) is 0 Å². The van der Waals surface area contributed by atoms with Crippen LogP contribution < -0.4 is 9.47 Å². The van der Waals surface area contributed by atoms with Crippen LogP contribution in [0.1, 0.15) is 20.9 Å². The second-order valence-corrected chi connectivity index (χ2v) is 8.42. The second-order valence-electron chi connectivity index (χ2n) is 7.33. The number of thiophene rings is 1. The minimum absolute atomic E-state index is 0.326. The molecule has 0 aliphatic rings. The molecular weight excluding hydrogens is 422 g/mol. The number of pyridine rings is 1. The van der Waals surface area contributed by atoms with Gasteiger partial charge in [-0.3, -0.25) is 0 Å². The van der Waals surface area contributed by atoms with E-state index in [0.29, 0.717) is 23.8 Å². The van der Waals surface area contributed by atoms with E-state index in [1.807, 2.05) is 72.8 Å². The van der Waals surface area contributed by atoms with Crippen molar-refractivity contribution in [1.82, 2.24) is 4.98 Å². The average molecular weight is 442 g/mol. The molecule has 0 atom stereocenters. The molecule has 5 aromatic rings. The number of para-hydroxylation sites is 1. The van der Waals surface area contributed by atoms with Gasteiger partial charge in [0, 0.05) is 10.1 Å². The molecule has 0 fully saturated rings. The molecule has 0 aliphatic heterocycles. The Hall–Kier alpha value is -3.90. The first-order chi connectivity index (χ1) is 15.6. The number of nitrogens with zero attached hydrogens (tertiary/aromatic N) is 1. The summed E-state index contributed by atoms with van der Waals surface area (Å²) in [6.07, 6.45) is 0. The van der Waals surface area contributed by atoms with E-state index < -0.39 is 5.97 Å². The Bertz CT molecular complexity index is 1410. The van der Waals surface area contributed by atoms with Gasteiger partial charge in [0.25, 0.3) is 0 Å². The molecule has 3 aromatic carbocycles. The van der Waals surface area contributed by atoms with Gasteiger partial charge in [0.1, 0.15) is 29.6 Å². The summed E-state index contributed by atoms with van der Waals surface area (Å²) in [5.74, 6) is 0.562. The Balaban J connectivity index is 1.19. The van der Waals surface area contributed by atoms with Crippen LogP contribution in [-0.4, -0.2) is 16.1 Å². The molecule has 0 unspecified atom stereocenters. The highest BCUT2D eigenvalue weighted by Gasteiger charge is 2.09. The fourth-order valence-electron chi connectivity index (χ4n) is 3.41. The highest BCUT2D eigenvalue weighted by Crippen LogP contribution is 2.29. The van der Waals surface area contributed by atoms with Crippen LogP contribution in [-0.2, 0) is 13.2 Å². The van der Waals surface area contributed by atoms with Gasteiger partial charge in [0.2, 0.25) is 0 Å². The predicted molar refractivity (Wildman–Crippen MR) is 126 cm³/mol. The Morgan fingerprint density at radius 3 is 2.44 bits per heavy atom. The number of rotatable bonds is 7. The molecule has 0 aliphatic carbocycles. The molecule has 32 heavy (non-hydrogen) atoms. The number of hydrogen-bond acceptors (Lipinski definition) is 5. The van der Waals surface area contributed by atoms with E-state index in [-0.39, 0.29) is 0 Å². The zero-order chi connectivity index (χ0) is 21.9. The van der Waals surface area contributed by atoms with E-state index >= 15 is 0 Å². The summed E-state index contributed by atoms with van der Waals surface area (Å²) in [6.45, 7) is 0.813. The van der Waals surface area contributed by atoms with E-state index in [9.17, 15) is 4.79 Å². The molecule has 0 amide bonds. The van der Waals surface area contributed by atoms with Crippen molar-refractivity contribution in [2.24, 2.45) is 0 Å². The zero-order valence-corrected chi connectivity index (χ0v) is 17.8. The number of aromatic carboxylic acids is 1. The van der Waals surface area contributed by atoms with Crippen molar-refractivity contribution in [2.45, 2.75) is 13.2 Å². The summed E-state index contributed by atoms with van der Waals surface area (Å²) < 4.78 is 12.7. The minimum atomic E-state index is -0.910. The van der Waals surface area contributed by atoms with Gasteiger partial charge < -0.3 is 14.6 Å². The lowest BCUT2D eigenvalue weighted by molar-refractivity contribution is 0.0702. The molecule has 2 aromatic heterocycles. The van der Waals surface area contributed by atoms with Crippen molar-refractivity contribution < 1.29 is 19.4 Å². The van der Waals surface area contributed by atoms with Gasteiger partial charge in [0.15, 0.2) is 0 Å². The summed E-state index contributed by atoms with van der Waals surface area (Å²) >= 11 is 1.26. The molecule has 5 rings (SSSR count). The maximum Gasteiger partial charge on any atom is 0.345 e. The first-order valence-electron chi connectivity index (χ1n) is 10.1. The smallest absolute Gasteiger partial charge is 0.345 e. The van der Waals surface area contributed by atoms with Crippen molar-refractivity contribution >= 4 is 38.3 Å². The number of carbonyl (C=O) groups is 1. The van der Waals surface area contributed by atoms with Crippen molar-refractivity contribution in [3.63, 3.8) is 0 Å².